The Labute approximate surface area is 183 Å². The average molecular weight is 425 g/mol. The molecule has 4 amide bonds. The summed E-state index contributed by atoms with van der Waals surface area (Å²) in [6, 6.07) is 7.86. The van der Waals surface area contributed by atoms with Crippen molar-refractivity contribution in [3.05, 3.63) is 29.8 Å². The smallest absolute Gasteiger partial charge is 0.318 e. The van der Waals surface area contributed by atoms with Crippen LogP contribution in [-0.4, -0.2) is 54.5 Å². The molecular weight excluding hydrogens is 392 g/mol. The van der Waals surface area contributed by atoms with E-state index >= 15 is 0 Å². The molecule has 2 heterocycles. The summed E-state index contributed by atoms with van der Waals surface area (Å²) in [4.78, 5) is 43.9. The number of para-hydroxylation sites is 1. The molecule has 7 heteroatoms. The molecule has 2 saturated carbocycles. The van der Waals surface area contributed by atoms with Crippen LogP contribution >= 0.6 is 0 Å². The van der Waals surface area contributed by atoms with E-state index in [2.05, 4.69) is 10.6 Å². The van der Waals surface area contributed by atoms with Gasteiger partial charge in [-0.05, 0) is 50.2 Å². The van der Waals surface area contributed by atoms with Gasteiger partial charge in [0.2, 0.25) is 5.91 Å². The summed E-state index contributed by atoms with van der Waals surface area (Å²) < 4.78 is 0. The predicted octanol–water partition coefficient (Wildman–Crippen LogP) is 2.62. The summed E-state index contributed by atoms with van der Waals surface area (Å²) >= 11 is 0. The number of nitrogens with zero attached hydrogens (tertiary/aromatic N) is 2. The topological polar surface area (TPSA) is 81.8 Å². The standard InChI is InChI=1S/C24H32N4O3/c1-24-20(17-9-5-6-10-19(17)27(22(24)30)13-15-11-12-15)18(21(29)25-2)14-28(24)23(31)26-16-7-3-4-8-16/h5-6,9-10,15-16,18,20H,3-4,7-8,11-14H2,1-2H3,(H,25,29)(H,26,31)/t18-,20+,24-/m0/s1. The Bertz CT molecular complexity index is 908. The van der Waals surface area contributed by atoms with Crippen LogP contribution in [0.5, 0.6) is 0 Å². The fourth-order valence-corrected chi connectivity index (χ4v) is 5.97. The molecular formula is C24H32N4O3. The van der Waals surface area contributed by atoms with Crippen LogP contribution in [0.4, 0.5) is 10.5 Å². The zero-order valence-electron chi connectivity index (χ0n) is 18.4. The maximum atomic E-state index is 14.0. The number of anilines is 1. The number of amides is 4. The van der Waals surface area contributed by atoms with Crippen molar-refractivity contribution in [2.45, 2.75) is 62.9 Å². The number of rotatable bonds is 4. The van der Waals surface area contributed by atoms with Crippen molar-refractivity contribution in [3.63, 3.8) is 0 Å². The summed E-state index contributed by atoms with van der Waals surface area (Å²) in [5.41, 5.74) is 0.812. The fraction of sp³-hybridized carbons (Fsp3) is 0.625. The highest BCUT2D eigenvalue weighted by atomic mass is 16.2. The van der Waals surface area contributed by atoms with E-state index in [9.17, 15) is 14.4 Å². The van der Waals surface area contributed by atoms with Crippen molar-refractivity contribution in [2.24, 2.45) is 11.8 Å². The fourth-order valence-electron chi connectivity index (χ4n) is 5.97. The number of urea groups is 1. The number of benzene rings is 1. The second-order valence-electron chi connectivity index (χ2n) is 9.81. The normalized spacial score (nSPS) is 30.2. The third-order valence-corrected chi connectivity index (χ3v) is 7.84. The van der Waals surface area contributed by atoms with E-state index in [1.807, 2.05) is 36.1 Å². The first kappa shape index (κ1) is 20.3. The van der Waals surface area contributed by atoms with E-state index in [1.54, 1.807) is 11.9 Å². The van der Waals surface area contributed by atoms with Crippen LogP contribution in [0.3, 0.4) is 0 Å². The van der Waals surface area contributed by atoms with Gasteiger partial charge in [-0.15, -0.1) is 0 Å². The number of carbonyl (C=O) groups is 3. The van der Waals surface area contributed by atoms with Gasteiger partial charge in [-0.1, -0.05) is 31.0 Å². The summed E-state index contributed by atoms with van der Waals surface area (Å²) in [5.74, 6) is -0.478. The second-order valence-corrected chi connectivity index (χ2v) is 9.81. The molecule has 0 aromatic heterocycles. The maximum Gasteiger partial charge on any atom is 0.318 e. The van der Waals surface area contributed by atoms with Crippen LogP contribution in [0.25, 0.3) is 0 Å². The summed E-state index contributed by atoms with van der Waals surface area (Å²) in [6.45, 7) is 2.80. The first-order chi connectivity index (χ1) is 14.9. The minimum absolute atomic E-state index is 0.0592. The Morgan fingerprint density at radius 1 is 1.13 bits per heavy atom. The molecule has 1 aromatic carbocycles. The Balaban J connectivity index is 1.57. The maximum absolute atomic E-state index is 14.0. The van der Waals surface area contributed by atoms with Crippen molar-refractivity contribution in [2.75, 3.05) is 25.0 Å². The molecule has 0 bridgehead atoms. The average Bonchev–Trinajstić information content (AvgIpc) is 3.33. The zero-order valence-corrected chi connectivity index (χ0v) is 18.4. The van der Waals surface area contributed by atoms with Crippen LogP contribution in [0.15, 0.2) is 24.3 Å². The van der Waals surface area contributed by atoms with E-state index in [4.69, 9.17) is 0 Å². The van der Waals surface area contributed by atoms with Crippen LogP contribution in [-0.2, 0) is 9.59 Å². The van der Waals surface area contributed by atoms with Crippen LogP contribution in [0.2, 0.25) is 0 Å². The Hall–Kier alpha value is -2.57. The monoisotopic (exact) mass is 424 g/mol. The second kappa shape index (κ2) is 7.53. The lowest BCUT2D eigenvalue weighted by Crippen LogP contribution is -2.63. The van der Waals surface area contributed by atoms with Crippen LogP contribution < -0.4 is 15.5 Å². The predicted molar refractivity (Wildman–Crippen MR) is 118 cm³/mol. The SMILES string of the molecule is CNC(=O)[C@H]1CN(C(=O)NC2CCCC2)[C@]2(C)C(=O)N(CC3CC3)c3ccccc3[C@H]12. The number of hydrogen-bond acceptors (Lipinski definition) is 3. The van der Waals surface area contributed by atoms with Crippen molar-refractivity contribution < 1.29 is 14.4 Å². The summed E-state index contributed by atoms with van der Waals surface area (Å²) in [7, 11) is 1.62. The van der Waals surface area contributed by atoms with E-state index in [0.29, 0.717) is 12.5 Å². The molecule has 2 aliphatic carbocycles. The highest BCUT2D eigenvalue weighted by molar-refractivity contribution is 6.07. The van der Waals surface area contributed by atoms with E-state index < -0.39 is 11.5 Å². The minimum Gasteiger partial charge on any atom is -0.359 e. The van der Waals surface area contributed by atoms with Gasteiger partial charge < -0.3 is 20.4 Å². The van der Waals surface area contributed by atoms with Crippen molar-refractivity contribution in [1.82, 2.24) is 15.5 Å². The lowest BCUT2D eigenvalue weighted by Gasteiger charge is -2.46. The van der Waals surface area contributed by atoms with Gasteiger partial charge in [0.25, 0.3) is 5.91 Å². The van der Waals surface area contributed by atoms with Crippen LogP contribution in [0.1, 0.15) is 56.9 Å². The number of carbonyl (C=O) groups excluding carboxylic acids is 3. The van der Waals surface area contributed by atoms with Gasteiger partial charge in [0.1, 0.15) is 5.54 Å². The van der Waals surface area contributed by atoms with Crippen molar-refractivity contribution in [1.29, 1.82) is 0 Å². The highest BCUT2D eigenvalue weighted by Crippen LogP contribution is 2.53. The molecule has 5 rings (SSSR count). The molecule has 3 atom stereocenters. The molecule has 0 radical (unpaired) electrons. The lowest BCUT2D eigenvalue weighted by molar-refractivity contribution is -0.129. The number of nitrogens with one attached hydrogen (secondary N) is 2. The molecule has 1 aromatic rings. The minimum atomic E-state index is -1.08. The number of likely N-dealkylation sites (tertiary alicyclic amines) is 1. The van der Waals surface area contributed by atoms with Crippen LogP contribution in [0, 0.1) is 11.8 Å². The summed E-state index contributed by atoms with van der Waals surface area (Å²) in [5, 5.41) is 5.92. The molecule has 0 spiro atoms. The largest absolute Gasteiger partial charge is 0.359 e. The molecule has 166 valence electrons. The summed E-state index contributed by atoms with van der Waals surface area (Å²) in [6.07, 6.45) is 6.46. The zero-order chi connectivity index (χ0) is 21.8. The molecule has 2 N–H and O–H groups in total. The molecule has 4 aliphatic rings. The third kappa shape index (κ3) is 3.20. The van der Waals surface area contributed by atoms with E-state index in [1.165, 1.54) is 0 Å². The van der Waals surface area contributed by atoms with Gasteiger partial charge in [0.05, 0.1) is 5.92 Å². The van der Waals surface area contributed by atoms with Gasteiger partial charge in [-0.2, -0.15) is 0 Å². The van der Waals surface area contributed by atoms with Gasteiger partial charge in [0.15, 0.2) is 0 Å². The van der Waals surface area contributed by atoms with Gasteiger partial charge >= 0.3 is 6.03 Å². The van der Waals surface area contributed by atoms with E-state index in [0.717, 1.165) is 49.8 Å². The molecule has 2 aliphatic heterocycles. The van der Waals surface area contributed by atoms with Gasteiger partial charge in [-0.3, -0.25) is 9.59 Å². The molecule has 0 unspecified atom stereocenters. The van der Waals surface area contributed by atoms with Gasteiger partial charge in [-0.25, -0.2) is 4.79 Å². The first-order valence-corrected chi connectivity index (χ1v) is 11.7. The lowest BCUT2D eigenvalue weighted by atomic mass is 9.71. The molecule has 1 saturated heterocycles. The molecule has 31 heavy (non-hydrogen) atoms. The Morgan fingerprint density at radius 3 is 2.52 bits per heavy atom. The van der Waals surface area contributed by atoms with Crippen molar-refractivity contribution in [3.8, 4) is 0 Å². The molecule has 7 nitrogen and oxygen atoms in total. The highest BCUT2D eigenvalue weighted by Gasteiger charge is 2.63. The quantitative estimate of drug-likeness (QED) is 0.780. The third-order valence-electron chi connectivity index (χ3n) is 7.84. The Kier molecular flexibility index (Phi) is 4.94. The number of fused-ring (bicyclic) bond motifs is 3. The molecule has 3 fully saturated rings. The number of hydrogen-bond donors (Lipinski definition) is 2. The Morgan fingerprint density at radius 2 is 1.84 bits per heavy atom. The van der Waals surface area contributed by atoms with E-state index in [-0.39, 0.29) is 36.3 Å². The van der Waals surface area contributed by atoms with Crippen molar-refractivity contribution >= 4 is 23.5 Å². The first-order valence-electron chi connectivity index (χ1n) is 11.7. The van der Waals surface area contributed by atoms with Gasteiger partial charge in [0, 0.05) is 37.8 Å².